The molecule has 2 fully saturated rings. The topological polar surface area (TPSA) is 82.3 Å². The number of nitrogens with zero attached hydrogens (tertiary/aromatic N) is 2. The molecule has 7 nitrogen and oxygen atoms in total. The van der Waals surface area contributed by atoms with Crippen molar-refractivity contribution in [3.8, 4) is 0 Å². The molecule has 2 aliphatic carbocycles. The van der Waals surface area contributed by atoms with Gasteiger partial charge in [-0.15, -0.1) is 11.3 Å². The molecule has 0 bridgehead atoms. The second-order valence-electron chi connectivity index (χ2n) is 10.2. The maximum Gasteiger partial charge on any atom is 0.332 e. The second-order valence-corrected chi connectivity index (χ2v) is 11.3. The Kier molecular flexibility index (Phi) is 5.40. The molecule has 2 aliphatic rings. The number of carbonyl (C=O) groups is 1. The summed E-state index contributed by atoms with van der Waals surface area (Å²) in [5, 5.41) is 3.43. The van der Waals surface area contributed by atoms with E-state index in [2.05, 4.69) is 5.32 Å². The van der Waals surface area contributed by atoms with Gasteiger partial charge in [0.05, 0.1) is 17.5 Å². The number of nitrogens with one attached hydrogen (secondary N) is 1. The summed E-state index contributed by atoms with van der Waals surface area (Å²) in [6.07, 6.45) is 1.17. The molecule has 2 heterocycles. The molecule has 1 unspecified atom stereocenters. The molecule has 0 spiro atoms. The zero-order valence-electron chi connectivity index (χ0n) is 19.0. The normalized spacial score (nSPS) is 21.0. The lowest BCUT2D eigenvalue weighted by molar-refractivity contribution is -0.153. The van der Waals surface area contributed by atoms with E-state index in [9.17, 15) is 23.2 Å². The number of thiophene rings is 1. The average molecular weight is 470 g/mol. The van der Waals surface area contributed by atoms with Crippen LogP contribution in [0.5, 0.6) is 0 Å². The van der Waals surface area contributed by atoms with Crippen molar-refractivity contribution in [2.75, 3.05) is 6.54 Å². The van der Waals surface area contributed by atoms with Gasteiger partial charge in [-0.2, -0.15) is 0 Å². The highest BCUT2D eigenvalue weighted by Crippen LogP contribution is 2.50. The molecule has 4 rings (SSSR count). The number of hydrogen-bond acceptors (Lipinski definition) is 6. The van der Waals surface area contributed by atoms with Crippen LogP contribution in [0, 0.1) is 12.8 Å². The summed E-state index contributed by atoms with van der Waals surface area (Å²) in [5.41, 5.74) is -1.31. The van der Waals surface area contributed by atoms with E-state index in [0.717, 1.165) is 4.88 Å². The molecule has 2 aromatic rings. The zero-order chi connectivity index (χ0) is 23.6. The minimum atomic E-state index is -2.76. The Hall–Kier alpha value is -2.07. The lowest BCUT2D eigenvalue weighted by Gasteiger charge is -2.19. The van der Waals surface area contributed by atoms with Gasteiger partial charge in [0.2, 0.25) is 0 Å². The number of halogens is 2. The number of rotatable bonds is 7. The van der Waals surface area contributed by atoms with Crippen LogP contribution in [0.15, 0.2) is 9.59 Å². The first-order chi connectivity index (χ1) is 14.7. The van der Waals surface area contributed by atoms with Crippen LogP contribution in [0.4, 0.5) is 8.78 Å². The van der Waals surface area contributed by atoms with Crippen LogP contribution in [-0.4, -0.2) is 33.2 Å². The van der Waals surface area contributed by atoms with Crippen molar-refractivity contribution >= 4 is 27.5 Å². The van der Waals surface area contributed by atoms with E-state index in [1.54, 1.807) is 27.7 Å². The van der Waals surface area contributed by atoms with Crippen LogP contribution in [0.25, 0.3) is 10.2 Å². The monoisotopic (exact) mass is 469 g/mol. The smallest absolute Gasteiger partial charge is 0.332 e. The van der Waals surface area contributed by atoms with Gasteiger partial charge in [-0.1, -0.05) is 0 Å². The fraction of sp³-hybridized carbons (Fsp3) is 0.682. The van der Waals surface area contributed by atoms with E-state index >= 15 is 0 Å². The average Bonchev–Trinajstić information content (AvgIpc) is 3.48. The molecule has 1 atom stereocenters. The number of ether oxygens (including phenoxy) is 1. The Morgan fingerprint density at radius 3 is 2.44 bits per heavy atom. The molecule has 0 saturated heterocycles. The van der Waals surface area contributed by atoms with E-state index < -0.39 is 34.6 Å². The van der Waals surface area contributed by atoms with Gasteiger partial charge in [0.25, 0.3) is 11.5 Å². The Labute approximate surface area is 188 Å². The molecule has 0 aliphatic heterocycles. The molecule has 32 heavy (non-hydrogen) atoms. The van der Waals surface area contributed by atoms with Gasteiger partial charge in [0.15, 0.2) is 0 Å². The number of aromatic nitrogens is 2. The summed E-state index contributed by atoms with van der Waals surface area (Å²) in [5.74, 6) is -4.05. The summed E-state index contributed by atoms with van der Waals surface area (Å²) < 4.78 is 35.2. The predicted molar refractivity (Wildman–Crippen MR) is 119 cm³/mol. The Bertz CT molecular complexity index is 1200. The van der Waals surface area contributed by atoms with Crippen LogP contribution < -0.4 is 16.6 Å². The molecule has 10 heteroatoms. The zero-order valence-corrected chi connectivity index (χ0v) is 19.8. The molecule has 2 saturated carbocycles. The van der Waals surface area contributed by atoms with Crippen molar-refractivity contribution < 1.29 is 18.3 Å². The number of carbonyl (C=O) groups excluding carboxylic acids is 1. The maximum atomic E-state index is 13.6. The fourth-order valence-electron chi connectivity index (χ4n) is 3.95. The SMILES string of the molecule is Cc1c(CNCC(=O)OC(C)(C)C)sc2c1c(=O)n(C1(C)CC1)c(=O)n2CC1CC1(F)F. The minimum Gasteiger partial charge on any atom is -0.459 e. The maximum absolute atomic E-state index is 13.6. The van der Waals surface area contributed by atoms with Gasteiger partial charge in [-0.3, -0.25) is 18.7 Å². The quantitative estimate of drug-likeness (QED) is 0.630. The van der Waals surface area contributed by atoms with Crippen LogP contribution in [0.1, 0.15) is 57.4 Å². The van der Waals surface area contributed by atoms with E-state index in [1.165, 1.54) is 20.5 Å². The summed E-state index contributed by atoms with van der Waals surface area (Å²) in [6, 6.07) is 0. The van der Waals surface area contributed by atoms with Gasteiger partial charge in [0, 0.05) is 30.3 Å². The molecule has 2 aromatic heterocycles. The third kappa shape index (κ3) is 4.26. The number of aryl methyl sites for hydroxylation is 1. The standard InChI is InChI=1S/C22H29F2N3O4S/c1-12-14(9-25-10-15(28)31-20(2,3)4)32-18-16(12)17(29)27(21(5)6-7-21)19(30)26(18)11-13-8-22(13,23)24/h13,25H,6-11H2,1-5H3. The van der Waals surface area contributed by atoms with Crippen LogP contribution in [0.2, 0.25) is 0 Å². The highest BCUT2D eigenvalue weighted by Gasteiger charge is 2.57. The Morgan fingerprint density at radius 1 is 1.28 bits per heavy atom. The highest BCUT2D eigenvalue weighted by molar-refractivity contribution is 7.18. The van der Waals surface area contributed by atoms with Crippen molar-refractivity contribution in [2.45, 2.75) is 84.0 Å². The highest BCUT2D eigenvalue weighted by atomic mass is 32.1. The van der Waals surface area contributed by atoms with Crippen molar-refractivity contribution in [1.82, 2.24) is 14.5 Å². The van der Waals surface area contributed by atoms with E-state index in [1.807, 2.05) is 6.92 Å². The molecule has 0 radical (unpaired) electrons. The van der Waals surface area contributed by atoms with Gasteiger partial charge in [-0.25, -0.2) is 13.6 Å². The van der Waals surface area contributed by atoms with Gasteiger partial charge < -0.3 is 10.1 Å². The lowest BCUT2D eigenvalue weighted by atomic mass is 10.2. The van der Waals surface area contributed by atoms with Gasteiger partial charge >= 0.3 is 11.7 Å². The largest absolute Gasteiger partial charge is 0.459 e. The van der Waals surface area contributed by atoms with Crippen molar-refractivity contribution in [2.24, 2.45) is 5.92 Å². The van der Waals surface area contributed by atoms with Crippen LogP contribution in [0.3, 0.4) is 0 Å². The van der Waals surface area contributed by atoms with Gasteiger partial charge in [-0.05, 0) is 53.0 Å². The molecule has 0 amide bonds. The van der Waals surface area contributed by atoms with Crippen molar-refractivity contribution in [3.63, 3.8) is 0 Å². The minimum absolute atomic E-state index is 0.00559. The van der Waals surface area contributed by atoms with Crippen LogP contribution >= 0.6 is 11.3 Å². The molecule has 0 aromatic carbocycles. The molecular formula is C22H29F2N3O4S. The first kappa shape index (κ1) is 23.1. The third-order valence-corrected chi connectivity index (χ3v) is 7.47. The Balaban J connectivity index is 1.69. The second kappa shape index (κ2) is 7.48. The van der Waals surface area contributed by atoms with Crippen molar-refractivity contribution in [1.29, 1.82) is 0 Å². The first-order valence-electron chi connectivity index (χ1n) is 10.8. The number of alkyl halides is 2. The number of fused-ring (bicyclic) bond motifs is 1. The summed E-state index contributed by atoms with van der Waals surface area (Å²) in [7, 11) is 0. The molecule has 176 valence electrons. The molecule has 1 N–H and O–H groups in total. The van der Waals surface area contributed by atoms with Gasteiger partial charge in [0.1, 0.15) is 10.4 Å². The van der Waals surface area contributed by atoms with Crippen molar-refractivity contribution in [3.05, 3.63) is 31.3 Å². The number of esters is 1. The van der Waals surface area contributed by atoms with E-state index in [4.69, 9.17) is 4.74 Å². The lowest BCUT2D eigenvalue weighted by Crippen LogP contribution is -2.44. The summed E-state index contributed by atoms with van der Waals surface area (Å²) >= 11 is 1.24. The fourth-order valence-corrected chi connectivity index (χ4v) is 5.21. The van der Waals surface area contributed by atoms with E-state index in [-0.39, 0.29) is 25.1 Å². The third-order valence-electron chi connectivity index (χ3n) is 6.16. The predicted octanol–water partition coefficient (Wildman–Crippen LogP) is 3.13. The van der Waals surface area contributed by atoms with Crippen LogP contribution in [-0.2, 0) is 28.2 Å². The summed E-state index contributed by atoms with van der Waals surface area (Å²) in [4.78, 5) is 39.7. The molecular weight excluding hydrogens is 440 g/mol. The van der Waals surface area contributed by atoms with E-state index in [0.29, 0.717) is 35.2 Å². The first-order valence-corrected chi connectivity index (χ1v) is 11.6. The Morgan fingerprint density at radius 2 is 1.91 bits per heavy atom. The number of hydrogen-bond donors (Lipinski definition) is 1. The summed E-state index contributed by atoms with van der Waals surface area (Å²) in [6.45, 7) is 9.19.